The van der Waals surface area contributed by atoms with E-state index in [9.17, 15) is 24.3 Å². The van der Waals surface area contributed by atoms with Gasteiger partial charge in [-0.25, -0.2) is 9.59 Å². The highest BCUT2D eigenvalue weighted by Gasteiger charge is 2.29. The Kier molecular flexibility index (Phi) is 11.3. The van der Waals surface area contributed by atoms with E-state index in [2.05, 4.69) is 17.6 Å². The van der Waals surface area contributed by atoms with E-state index < -0.39 is 23.9 Å². The molecule has 0 aromatic heterocycles. The number of benzene rings is 3. The molecule has 1 unspecified atom stereocenters. The maximum absolute atomic E-state index is 12.7. The third-order valence-electron chi connectivity index (χ3n) is 7.15. The molecule has 0 saturated heterocycles. The maximum Gasteiger partial charge on any atom is 0.343 e. The van der Waals surface area contributed by atoms with Crippen molar-refractivity contribution in [3.8, 4) is 11.5 Å². The van der Waals surface area contributed by atoms with Crippen LogP contribution in [0.5, 0.6) is 11.5 Å². The molecule has 3 N–H and O–H groups in total. The molecule has 0 bridgehead atoms. The van der Waals surface area contributed by atoms with Crippen molar-refractivity contribution in [3.63, 3.8) is 0 Å². The van der Waals surface area contributed by atoms with Gasteiger partial charge in [0.25, 0.3) is 5.91 Å². The molecule has 1 aliphatic rings. The molecule has 1 atom stereocenters. The molecule has 9 heteroatoms. The van der Waals surface area contributed by atoms with Gasteiger partial charge in [-0.05, 0) is 85.5 Å². The minimum absolute atomic E-state index is 0.0326. The first kappa shape index (κ1) is 31.3. The highest BCUT2D eigenvalue weighted by atomic mass is 16.5. The van der Waals surface area contributed by atoms with Gasteiger partial charge < -0.3 is 25.2 Å². The van der Waals surface area contributed by atoms with Crippen LogP contribution in [0.25, 0.3) is 0 Å². The Labute approximate surface area is 251 Å². The van der Waals surface area contributed by atoms with Gasteiger partial charge in [0.2, 0.25) is 5.91 Å². The van der Waals surface area contributed by atoms with Gasteiger partial charge in [0.05, 0.1) is 12.2 Å². The second-order valence-corrected chi connectivity index (χ2v) is 10.7. The molecule has 1 aliphatic carbocycles. The molecule has 43 heavy (non-hydrogen) atoms. The molecule has 1 saturated carbocycles. The molecule has 3 aromatic rings. The topological polar surface area (TPSA) is 131 Å². The van der Waals surface area contributed by atoms with Gasteiger partial charge in [-0.3, -0.25) is 9.59 Å². The van der Waals surface area contributed by atoms with E-state index in [0.29, 0.717) is 34.9 Å². The van der Waals surface area contributed by atoms with Crippen molar-refractivity contribution in [3.05, 3.63) is 89.5 Å². The number of carboxylic acids is 1. The zero-order valence-electron chi connectivity index (χ0n) is 24.3. The predicted molar refractivity (Wildman–Crippen MR) is 162 cm³/mol. The van der Waals surface area contributed by atoms with E-state index in [4.69, 9.17) is 9.47 Å². The number of nitrogens with one attached hydrogen (secondary N) is 2. The van der Waals surface area contributed by atoms with Gasteiger partial charge in [0.15, 0.2) is 0 Å². The first-order valence-electron chi connectivity index (χ1n) is 14.8. The smallest absolute Gasteiger partial charge is 0.343 e. The van der Waals surface area contributed by atoms with E-state index in [0.717, 1.165) is 25.7 Å². The minimum Gasteiger partial charge on any atom is -0.494 e. The summed E-state index contributed by atoms with van der Waals surface area (Å²) in [5, 5.41) is 15.0. The lowest BCUT2D eigenvalue weighted by Gasteiger charge is -2.15. The summed E-state index contributed by atoms with van der Waals surface area (Å²) in [5.74, 6) is -1.20. The molecule has 9 nitrogen and oxygen atoms in total. The third-order valence-corrected chi connectivity index (χ3v) is 7.15. The molecule has 0 radical (unpaired) electrons. The summed E-state index contributed by atoms with van der Waals surface area (Å²) in [5.41, 5.74) is 1.88. The van der Waals surface area contributed by atoms with Crippen LogP contribution in [-0.2, 0) is 16.0 Å². The lowest BCUT2D eigenvalue weighted by atomic mass is 10.0. The molecule has 0 heterocycles. The van der Waals surface area contributed by atoms with E-state index in [-0.39, 0.29) is 23.8 Å². The lowest BCUT2D eigenvalue weighted by molar-refractivity contribution is -0.139. The van der Waals surface area contributed by atoms with E-state index in [1.807, 2.05) is 0 Å². The number of anilines is 1. The zero-order valence-corrected chi connectivity index (χ0v) is 24.3. The number of amides is 2. The number of rotatable bonds is 16. The van der Waals surface area contributed by atoms with Crippen LogP contribution in [0.4, 0.5) is 5.69 Å². The fourth-order valence-electron chi connectivity index (χ4n) is 4.41. The third kappa shape index (κ3) is 9.99. The molecule has 226 valence electrons. The van der Waals surface area contributed by atoms with Gasteiger partial charge in [0, 0.05) is 23.6 Å². The van der Waals surface area contributed by atoms with Crippen molar-refractivity contribution < 1.29 is 33.8 Å². The van der Waals surface area contributed by atoms with Crippen LogP contribution in [0.1, 0.15) is 78.1 Å². The fraction of sp³-hybridized carbons (Fsp3) is 0.353. The summed E-state index contributed by atoms with van der Waals surface area (Å²) in [6, 6.07) is 18.4. The number of aliphatic carboxylic acids is 1. The quantitative estimate of drug-likeness (QED) is 0.106. The second-order valence-electron chi connectivity index (χ2n) is 10.7. The van der Waals surface area contributed by atoms with Crippen molar-refractivity contribution >= 4 is 29.4 Å². The molecular formula is C34H38N2O7. The van der Waals surface area contributed by atoms with E-state index in [1.54, 1.807) is 60.7 Å². The molecule has 4 rings (SSSR count). The number of hydrogen-bond acceptors (Lipinski definition) is 6. The van der Waals surface area contributed by atoms with Crippen LogP contribution in [0.3, 0.4) is 0 Å². The molecule has 3 aromatic carbocycles. The summed E-state index contributed by atoms with van der Waals surface area (Å²) in [7, 11) is 0. The van der Waals surface area contributed by atoms with Gasteiger partial charge >= 0.3 is 11.9 Å². The summed E-state index contributed by atoms with van der Waals surface area (Å²) in [4.78, 5) is 49.1. The fourth-order valence-corrected chi connectivity index (χ4v) is 4.41. The van der Waals surface area contributed by atoms with E-state index in [1.165, 1.54) is 31.4 Å². The average Bonchev–Trinajstić information content (AvgIpc) is 3.86. The van der Waals surface area contributed by atoms with Crippen LogP contribution in [0.15, 0.2) is 72.8 Å². The number of carbonyl (C=O) groups excluding carboxylic acids is 3. The molecule has 0 spiro atoms. The molecule has 0 aliphatic heterocycles. The number of esters is 1. The van der Waals surface area contributed by atoms with Gasteiger partial charge in [0.1, 0.15) is 17.5 Å². The van der Waals surface area contributed by atoms with Crippen LogP contribution in [0.2, 0.25) is 0 Å². The highest BCUT2D eigenvalue weighted by Crippen LogP contribution is 2.30. The number of ether oxygens (including phenoxy) is 2. The Balaban J connectivity index is 1.25. The zero-order chi connectivity index (χ0) is 30.6. The van der Waals surface area contributed by atoms with Crippen molar-refractivity contribution in [2.24, 2.45) is 5.92 Å². The Morgan fingerprint density at radius 3 is 2.07 bits per heavy atom. The SMILES string of the molecule is CCCCCCCOc1ccc(C(=O)Oc2ccc(CC(NC(=O)c3ccc(NC(=O)C4CC4)cc3)C(=O)O)cc2)cc1. The average molecular weight is 587 g/mol. The van der Waals surface area contributed by atoms with Crippen LogP contribution < -0.4 is 20.1 Å². The number of hydrogen-bond donors (Lipinski definition) is 3. The normalized spacial score (nSPS) is 13.0. The van der Waals surface area contributed by atoms with Crippen molar-refractivity contribution in [1.82, 2.24) is 5.32 Å². The molecule has 2 amide bonds. The van der Waals surface area contributed by atoms with Crippen molar-refractivity contribution in [2.75, 3.05) is 11.9 Å². The summed E-state index contributed by atoms with van der Waals surface area (Å²) in [6.45, 7) is 2.82. The first-order chi connectivity index (χ1) is 20.8. The Morgan fingerprint density at radius 2 is 1.44 bits per heavy atom. The van der Waals surface area contributed by atoms with Crippen molar-refractivity contribution in [2.45, 2.75) is 64.3 Å². The number of unbranched alkanes of at least 4 members (excludes halogenated alkanes) is 4. The molecular weight excluding hydrogens is 548 g/mol. The van der Waals surface area contributed by atoms with Gasteiger partial charge in [-0.1, -0.05) is 44.7 Å². The predicted octanol–water partition coefficient (Wildman–Crippen LogP) is 6.03. The van der Waals surface area contributed by atoms with E-state index >= 15 is 0 Å². The summed E-state index contributed by atoms with van der Waals surface area (Å²) >= 11 is 0. The second kappa shape index (κ2) is 15.5. The monoisotopic (exact) mass is 586 g/mol. The van der Waals surface area contributed by atoms with Crippen LogP contribution in [0, 0.1) is 5.92 Å². The maximum atomic E-state index is 12.7. The minimum atomic E-state index is -1.18. The van der Waals surface area contributed by atoms with Gasteiger partial charge in [-0.2, -0.15) is 0 Å². The summed E-state index contributed by atoms with van der Waals surface area (Å²) in [6.07, 6.45) is 7.60. The van der Waals surface area contributed by atoms with Crippen LogP contribution in [-0.4, -0.2) is 41.5 Å². The largest absolute Gasteiger partial charge is 0.494 e. The number of carboxylic acid groups (broad SMARTS) is 1. The molecule has 1 fully saturated rings. The standard InChI is InChI=1S/C34H38N2O7/c1-2-3-4-5-6-21-42-28-19-13-26(14-20-28)34(41)43-29-17-7-23(8-18-29)22-30(33(39)40)36-32(38)25-11-15-27(16-12-25)35-31(37)24-9-10-24/h7-8,11-20,24,30H,2-6,9-10,21-22H2,1H3,(H,35,37)(H,36,38)(H,39,40). The van der Waals surface area contributed by atoms with Crippen molar-refractivity contribution in [1.29, 1.82) is 0 Å². The Bertz CT molecular complexity index is 1380. The Morgan fingerprint density at radius 1 is 0.814 bits per heavy atom. The van der Waals surface area contributed by atoms with Crippen LogP contribution >= 0.6 is 0 Å². The van der Waals surface area contributed by atoms with Gasteiger partial charge in [-0.15, -0.1) is 0 Å². The summed E-state index contributed by atoms with van der Waals surface area (Å²) < 4.78 is 11.2. The Hall–Kier alpha value is -4.66. The number of carbonyl (C=O) groups is 4. The first-order valence-corrected chi connectivity index (χ1v) is 14.8. The lowest BCUT2D eigenvalue weighted by Crippen LogP contribution is -2.42. The highest BCUT2D eigenvalue weighted by molar-refractivity contribution is 5.98.